The first-order valence-electron chi connectivity index (χ1n) is 7.88. The summed E-state index contributed by atoms with van der Waals surface area (Å²) in [6.45, 7) is 3.91. The Balaban J connectivity index is 1.69. The van der Waals surface area contributed by atoms with Crippen molar-refractivity contribution in [2.75, 3.05) is 39.8 Å². The summed E-state index contributed by atoms with van der Waals surface area (Å²) < 4.78 is 11.6. The molecule has 1 aliphatic heterocycles. The minimum Gasteiger partial charge on any atom is -0.460 e. The molecule has 2 N–H and O–H groups in total. The van der Waals surface area contributed by atoms with Gasteiger partial charge in [-0.25, -0.2) is 0 Å². The number of furan rings is 1. The molecular weight excluding hydrogens is 294 g/mol. The normalized spacial score (nSPS) is 19.5. The number of para-hydroxylation sites is 1. The molecule has 1 fully saturated rings. The first-order chi connectivity index (χ1) is 11.1. The predicted octanol–water partition coefficient (Wildman–Crippen LogP) is 1.05. The fourth-order valence-electron chi connectivity index (χ4n) is 3.01. The zero-order valence-electron chi connectivity index (χ0n) is 13.4. The van der Waals surface area contributed by atoms with E-state index in [9.17, 15) is 4.79 Å². The van der Waals surface area contributed by atoms with E-state index >= 15 is 0 Å². The average molecular weight is 317 g/mol. The van der Waals surface area contributed by atoms with E-state index < -0.39 is 0 Å². The van der Waals surface area contributed by atoms with E-state index in [4.69, 9.17) is 14.9 Å². The summed E-state index contributed by atoms with van der Waals surface area (Å²) >= 11 is 0. The van der Waals surface area contributed by atoms with Gasteiger partial charge >= 0.3 is 0 Å². The maximum absolute atomic E-state index is 11.4. The summed E-state index contributed by atoms with van der Waals surface area (Å²) in [5.41, 5.74) is 6.25. The summed E-state index contributed by atoms with van der Waals surface area (Å²) in [6.07, 6.45) is 0.0810. The van der Waals surface area contributed by atoms with Crippen molar-refractivity contribution < 1.29 is 13.9 Å². The monoisotopic (exact) mass is 317 g/mol. The Morgan fingerprint density at radius 1 is 1.43 bits per heavy atom. The number of ether oxygens (including phenoxy) is 1. The minimum absolute atomic E-state index is 0.0810. The second-order valence-electron chi connectivity index (χ2n) is 6.14. The molecule has 1 aromatic carbocycles. The van der Waals surface area contributed by atoms with Crippen molar-refractivity contribution in [3.05, 3.63) is 36.1 Å². The smallest absolute Gasteiger partial charge is 0.231 e. The molecule has 1 atom stereocenters. The third-order valence-corrected chi connectivity index (χ3v) is 4.04. The number of nitrogens with two attached hydrogens (primary N) is 1. The molecule has 0 saturated carbocycles. The first-order valence-corrected chi connectivity index (χ1v) is 7.88. The number of morpholine rings is 1. The number of amides is 1. The lowest BCUT2D eigenvalue weighted by atomic mass is 10.2. The zero-order chi connectivity index (χ0) is 16.2. The van der Waals surface area contributed by atoms with E-state index in [0.29, 0.717) is 13.1 Å². The van der Waals surface area contributed by atoms with Crippen LogP contribution in [0.3, 0.4) is 0 Å². The number of rotatable bonds is 6. The predicted molar refractivity (Wildman–Crippen MR) is 87.9 cm³/mol. The molecule has 23 heavy (non-hydrogen) atoms. The second kappa shape index (κ2) is 7.12. The third-order valence-electron chi connectivity index (χ3n) is 4.04. The van der Waals surface area contributed by atoms with Crippen LogP contribution in [0, 0.1) is 0 Å². The Kier molecular flexibility index (Phi) is 4.95. The van der Waals surface area contributed by atoms with Gasteiger partial charge in [0.2, 0.25) is 5.91 Å². The highest BCUT2D eigenvalue weighted by Crippen LogP contribution is 2.20. The first kappa shape index (κ1) is 16.0. The van der Waals surface area contributed by atoms with Crippen molar-refractivity contribution in [2.24, 2.45) is 5.73 Å². The SMILES string of the molecule is CN1CCOC(CN(CC(N)=O)Cc2cc3ccccc3o2)C1. The lowest BCUT2D eigenvalue weighted by Crippen LogP contribution is -2.47. The standard InChI is InChI=1S/C17H23N3O3/c1-19-6-7-22-15(9-19)11-20(12-17(18)21)10-14-8-13-4-2-3-5-16(13)23-14/h2-5,8,15H,6-7,9-12H2,1H3,(H2,18,21). The largest absolute Gasteiger partial charge is 0.460 e. The van der Waals surface area contributed by atoms with Crippen LogP contribution in [-0.2, 0) is 16.1 Å². The molecule has 3 rings (SSSR count). The molecule has 0 bridgehead atoms. The molecule has 2 heterocycles. The van der Waals surface area contributed by atoms with Gasteiger partial charge in [-0.3, -0.25) is 9.69 Å². The number of carbonyl (C=O) groups excluding carboxylic acids is 1. The highest BCUT2D eigenvalue weighted by atomic mass is 16.5. The molecule has 1 aromatic heterocycles. The van der Waals surface area contributed by atoms with Crippen molar-refractivity contribution in [2.45, 2.75) is 12.6 Å². The van der Waals surface area contributed by atoms with Crippen LogP contribution >= 0.6 is 0 Å². The summed E-state index contributed by atoms with van der Waals surface area (Å²) in [6, 6.07) is 9.89. The van der Waals surface area contributed by atoms with Gasteiger partial charge in [0.1, 0.15) is 11.3 Å². The van der Waals surface area contributed by atoms with Crippen molar-refractivity contribution in [3.8, 4) is 0 Å². The van der Waals surface area contributed by atoms with Crippen LogP contribution in [-0.4, -0.2) is 61.6 Å². The molecule has 1 amide bonds. The van der Waals surface area contributed by atoms with Gasteiger partial charge in [0.05, 0.1) is 25.8 Å². The summed E-state index contributed by atoms with van der Waals surface area (Å²) in [7, 11) is 2.08. The van der Waals surface area contributed by atoms with Gasteiger partial charge in [0.25, 0.3) is 0 Å². The Labute approximate surface area is 135 Å². The number of fused-ring (bicyclic) bond motifs is 1. The maximum atomic E-state index is 11.4. The van der Waals surface area contributed by atoms with Gasteiger partial charge in [-0.05, 0) is 19.2 Å². The highest BCUT2D eigenvalue weighted by Gasteiger charge is 2.22. The second-order valence-corrected chi connectivity index (χ2v) is 6.14. The van der Waals surface area contributed by atoms with Crippen molar-refractivity contribution in [1.82, 2.24) is 9.80 Å². The third kappa shape index (κ3) is 4.31. The van der Waals surface area contributed by atoms with Gasteiger partial charge in [0.15, 0.2) is 0 Å². The molecular formula is C17H23N3O3. The summed E-state index contributed by atoms with van der Waals surface area (Å²) in [5.74, 6) is 0.488. The van der Waals surface area contributed by atoms with Crippen LogP contribution in [0.2, 0.25) is 0 Å². The van der Waals surface area contributed by atoms with E-state index in [0.717, 1.165) is 36.4 Å². The Morgan fingerprint density at radius 2 is 2.26 bits per heavy atom. The molecule has 1 aliphatic rings. The number of likely N-dealkylation sites (N-methyl/N-ethyl adjacent to an activating group) is 1. The van der Waals surface area contributed by atoms with E-state index in [2.05, 4.69) is 11.9 Å². The summed E-state index contributed by atoms with van der Waals surface area (Å²) in [5, 5.41) is 1.06. The molecule has 1 saturated heterocycles. The van der Waals surface area contributed by atoms with Crippen LogP contribution < -0.4 is 5.73 Å². The maximum Gasteiger partial charge on any atom is 0.231 e. The number of hydrogen-bond donors (Lipinski definition) is 1. The fraction of sp³-hybridized carbons (Fsp3) is 0.471. The quantitative estimate of drug-likeness (QED) is 0.862. The Bertz CT molecular complexity index is 637. The van der Waals surface area contributed by atoms with E-state index in [-0.39, 0.29) is 18.6 Å². The van der Waals surface area contributed by atoms with Crippen LogP contribution in [0.4, 0.5) is 0 Å². The molecule has 2 aromatic rings. The Hall–Kier alpha value is -1.89. The van der Waals surface area contributed by atoms with Gasteiger partial charge in [-0.1, -0.05) is 18.2 Å². The number of primary amides is 1. The van der Waals surface area contributed by atoms with E-state index in [1.807, 2.05) is 35.2 Å². The minimum atomic E-state index is -0.342. The topological polar surface area (TPSA) is 71.9 Å². The van der Waals surface area contributed by atoms with E-state index in [1.165, 1.54) is 0 Å². The van der Waals surface area contributed by atoms with Gasteiger partial charge in [-0.2, -0.15) is 0 Å². The van der Waals surface area contributed by atoms with Crippen molar-refractivity contribution in [3.63, 3.8) is 0 Å². The molecule has 124 valence electrons. The fourth-order valence-corrected chi connectivity index (χ4v) is 3.01. The molecule has 0 aliphatic carbocycles. The van der Waals surface area contributed by atoms with Crippen LogP contribution in [0.5, 0.6) is 0 Å². The molecule has 1 unspecified atom stereocenters. The number of hydrogen-bond acceptors (Lipinski definition) is 5. The van der Waals surface area contributed by atoms with Crippen LogP contribution in [0.15, 0.2) is 34.7 Å². The molecule has 0 radical (unpaired) electrons. The number of carbonyl (C=O) groups is 1. The molecule has 0 spiro atoms. The van der Waals surface area contributed by atoms with Gasteiger partial charge < -0.3 is 19.8 Å². The van der Waals surface area contributed by atoms with Gasteiger partial charge in [0, 0.05) is 25.0 Å². The van der Waals surface area contributed by atoms with Crippen LogP contribution in [0.1, 0.15) is 5.76 Å². The van der Waals surface area contributed by atoms with Crippen molar-refractivity contribution in [1.29, 1.82) is 0 Å². The highest BCUT2D eigenvalue weighted by molar-refractivity contribution is 5.78. The number of nitrogens with zero attached hydrogens (tertiary/aromatic N) is 2. The van der Waals surface area contributed by atoms with Gasteiger partial charge in [-0.15, -0.1) is 0 Å². The molecule has 6 nitrogen and oxygen atoms in total. The van der Waals surface area contributed by atoms with Crippen LogP contribution in [0.25, 0.3) is 11.0 Å². The lowest BCUT2D eigenvalue weighted by molar-refractivity contribution is -0.120. The lowest BCUT2D eigenvalue weighted by Gasteiger charge is -2.33. The average Bonchev–Trinajstić information content (AvgIpc) is 2.88. The molecule has 6 heteroatoms. The van der Waals surface area contributed by atoms with Crippen molar-refractivity contribution >= 4 is 16.9 Å². The zero-order valence-corrected chi connectivity index (χ0v) is 13.4. The van der Waals surface area contributed by atoms with E-state index in [1.54, 1.807) is 0 Å². The number of benzene rings is 1. The Morgan fingerprint density at radius 3 is 3.00 bits per heavy atom. The summed E-state index contributed by atoms with van der Waals surface area (Å²) in [4.78, 5) is 15.6.